The number of ether oxygens (including phenoxy) is 2. The van der Waals surface area contributed by atoms with Crippen LogP contribution in [-0.4, -0.2) is 55.5 Å². The molecule has 32 heavy (non-hydrogen) atoms. The quantitative estimate of drug-likeness (QED) is 0.545. The number of anilines is 1. The van der Waals surface area contributed by atoms with Gasteiger partial charge >= 0.3 is 0 Å². The molecule has 0 saturated carbocycles. The van der Waals surface area contributed by atoms with E-state index in [0.29, 0.717) is 45.6 Å². The number of amides is 1. The van der Waals surface area contributed by atoms with Gasteiger partial charge < -0.3 is 14.4 Å². The van der Waals surface area contributed by atoms with E-state index in [2.05, 4.69) is 20.9 Å². The molecule has 2 aromatic rings. The number of amidine groups is 1. The number of hydrogen-bond acceptors (Lipinski definition) is 6. The molecule has 10 heteroatoms. The standard InChI is InChI=1S/C22H23BrN2O5S2/c1-3-29-18-10-15(23)16(11-19(18)30-4-2)25-17-12-32(27,28)13-20(17)31-22(25)24-21(26)14-8-6-5-7-9-14/h5-11,17,20H,3-4,12-13H2,1-2H3/t17-,20+/m0/s1. The summed E-state index contributed by atoms with van der Waals surface area (Å²) in [4.78, 5) is 19.1. The Hall–Kier alpha value is -2.04. The number of thioether (sulfide) groups is 1. The second-order valence-corrected chi connectivity index (χ2v) is 11.6. The van der Waals surface area contributed by atoms with Crippen molar-refractivity contribution in [3.05, 3.63) is 52.5 Å². The Morgan fingerprint density at radius 3 is 2.44 bits per heavy atom. The van der Waals surface area contributed by atoms with Gasteiger partial charge in [-0.1, -0.05) is 30.0 Å². The van der Waals surface area contributed by atoms with Crippen LogP contribution in [0.4, 0.5) is 5.69 Å². The molecule has 170 valence electrons. The second kappa shape index (κ2) is 9.44. The number of carbonyl (C=O) groups is 1. The highest BCUT2D eigenvalue weighted by Gasteiger charge is 2.50. The third-order valence-electron chi connectivity index (χ3n) is 5.16. The molecule has 0 N–H and O–H groups in total. The number of rotatable bonds is 6. The van der Waals surface area contributed by atoms with E-state index < -0.39 is 9.84 Å². The summed E-state index contributed by atoms with van der Waals surface area (Å²) in [6, 6.07) is 12.1. The van der Waals surface area contributed by atoms with Crippen molar-refractivity contribution in [1.82, 2.24) is 0 Å². The molecule has 0 spiro atoms. The molecule has 1 amide bonds. The van der Waals surface area contributed by atoms with Gasteiger partial charge in [0.2, 0.25) is 0 Å². The zero-order valence-electron chi connectivity index (χ0n) is 17.7. The average molecular weight is 539 g/mol. The smallest absolute Gasteiger partial charge is 0.279 e. The van der Waals surface area contributed by atoms with Gasteiger partial charge in [-0.15, -0.1) is 0 Å². The van der Waals surface area contributed by atoms with Crippen molar-refractivity contribution in [2.24, 2.45) is 4.99 Å². The fourth-order valence-corrected chi connectivity index (χ4v) is 8.24. The monoisotopic (exact) mass is 538 g/mol. The lowest BCUT2D eigenvalue weighted by atomic mass is 10.2. The van der Waals surface area contributed by atoms with Gasteiger partial charge in [0.15, 0.2) is 26.5 Å². The molecule has 0 bridgehead atoms. The second-order valence-electron chi connectivity index (χ2n) is 7.35. The number of fused-ring (bicyclic) bond motifs is 1. The predicted octanol–water partition coefficient (Wildman–Crippen LogP) is 4.16. The summed E-state index contributed by atoms with van der Waals surface area (Å²) in [5, 5.41) is 0.285. The van der Waals surface area contributed by atoms with Crippen LogP contribution >= 0.6 is 27.7 Å². The first-order chi connectivity index (χ1) is 15.3. The first-order valence-electron chi connectivity index (χ1n) is 10.3. The summed E-state index contributed by atoms with van der Waals surface area (Å²) in [7, 11) is -3.17. The Balaban J connectivity index is 1.79. The van der Waals surface area contributed by atoms with Crippen molar-refractivity contribution in [1.29, 1.82) is 0 Å². The van der Waals surface area contributed by atoms with Crippen LogP contribution in [0.1, 0.15) is 24.2 Å². The van der Waals surface area contributed by atoms with E-state index in [1.807, 2.05) is 36.9 Å². The van der Waals surface area contributed by atoms with Crippen LogP contribution in [0.2, 0.25) is 0 Å². The molecular formula is C22H23BrN2O5S2. The molecule has 2 aromatic carbocycles. The largest absolute Gasteiger partial charge is 0.490 e. The zero-order valence-corrected chi connectivity index (χ0v) is 20.9. The minimum absolute atomic E-state index is 0.00678. The highest BCUT2D eigenvalue weighted by Crippen LogP contribution is 2.46. The Labute approximate surface area is 200 Å². The molecular weight excluding hydrogens is 516 g/mol. The van der Waals surface area contributed by atoms with Gasteiger partial charge in [-0.05, 0) is 41.9 Å². The lowest BCUT2D eigenvalue weighted by molar-refractivity contribution is 0.100. The average Bonchev–Trinajstić information content (AvgIpc) is 3.21. The van der Waals surface area contributed by atoms with Crippen LogP contribution in [0, 0.1) is 0 Å². The number of halogens is 1. The highest BCUT2D eigenvalue weighted by molar-refractivity contribution is 9.10. The van der Waals surface area contributed by atoms with E-state index in [1.165, 1.54) is 11.8 Å². The molecule has 2 heterocycles. The lowest BCUT2D eigenvalue weighted by Gasteiger charge is -2.27. The molecule has 2 aliphatic rings. The van der Waals surface area contributed by atoms with Crippen molar-refractivity contribution in [3.8, 4) is 11.5 Å². The van der Waals surface area contributed by atoms with Crippen LogP contribution in [-0.2, 0) is 9.84 Å². The predicted molar refractivity (Wildman–Crippen MR) is 131 cm³/mol. The van der Waals surface area contributed by atoms with Gasteiger partial charge in [0.1, 0.15) is 0 Å². The Kier molecular flexibility index (Phi) is 6.83. The van der Waals surface area contributed by atoms with Gasteiger partial charge in [-0.25, -0.2) is 8.42 Å². The number of aliphatic imine (C=N–C) groups is 1. The maximum Gasteiger partial charge on any atom is 0.279 e. The highest BCUT2D eigenvalue weighted by atomic mass is 79.9. The van der Waals surface area contributed by atoms with E-state index in [4.69, 9.17) is 9.47 Å². The maximum atomic E-state index is 12.8. The van der Waals surface area contributed by atoms with Gasteiger partial charge in [-0.2, -0.15) is 4.99 Å². The van der Waals surface area contributed by atoms with Gasteiger partial charge in [-0.3, -0.25) is 4.79 Å². The summed E-state index contributed by atoms with van der Waals surface area (Å²) in [5.74, 6) is 0.840. The van der Waals surface area contributed by atoms with Gasteiger partial charge in [0.25, 0.3) is 5.91 Å². The molecule has 0 aliphatic carbocycles. The van der Waals surface area contributed by atoms with Crippen molar-refractivity contribution in [2.75, 3.05) is 29.6 Å². The fourth-order valence-electron chi connectivity index (χ4n) is 3.82. The Morgan fingerprint density at radius 2 is 1.78 bits per heavy atom. The van der Waals surface area contributed by atoms with Crippen molar-refractivity contribution in [3.63, 3.8) is 0 Å². The molecule has 0 aromatic heterocycles. The summed E-state index contributed by atoms with van der Waals surface area (Å²) in [5.41, 5.74) is 1.17. The topological polar surface area (TPSA) is 85.3 Å². The Bertz CT molecular complexity index is 1150. The number of nitrogens with zero attached hydrogens (tertiary/aromatic N) is 2. The first kappa shape index (κ1) is 23.1. The van der Waals surface area contributed by atoms with Gasteiger partial charge in [0.05, 0.1) is 36.4 Å². The van der Waals surface area contributed by atoms with E-state index in [9.17, 15) is 13.2 Å². The number of sulfone groups is 1. The number of carbonyl (C=O) groups excluding carboxylic acids is 1. The SMILES string of the molecule is CCOc1cc(Br)c(N2C(=NC(=O)c3ccccc3)S[C@@H]3CS(=O)(=O)C[C@@H]32)cc1OCC. The molecule has 4 rings (SSSR count). The van der Waals surface area contributed by atoms with Crippen LogP contribution in [0.5, 0.6) is 11.5 Å². The number of benzene rings is 2. The molecule has 2 aliphatic heterocycles. The molecule has 2 fully saturated rings. The van der Waals surface area contributed by atoms with Gasteiger partial charge in [0, 0.05) is 27.4 Å². The Morgan fingerprint density at radius 1 is 1.12 bits per heavy atom. The summed E-state index contributed by atoms with van der Waals surface area (Å²) in [6.07, 6.45) is 0. The molecule has 2 saturated heterocycles. The van der Waals surface area contributed by atoms with Crippen LogP contribution < -0.4 is 14.4 Å². The third-order valence-corrected chi connectivity index (χ3v) is 9.00. The minimum Gasteiger partial charge on any atom is -0.490 e. The van der Waals surface area contributed by atoms with E-state index >= 15 is 0 Å². The van der Waals surface area contributed by atoms with Crippen molar-refractivity contribution < 1.29 is 22.7 Å². The number of hydrogen-bond donors (Lipinski definition) is 0. The van der Waals surface area contributed by atoms with Crippen molar-refractivity contribution in [2.45, 2.75) is 25.1 Å². The lowest BCUT2D eigenvalue weighted by Crippen LogP contribution is -2.38. The zero-order chi connectivity index (χ0) is 22.9. The summed E-state index contributed by atoms with van der Waals surface area (Å²) in [6.45, 7) is 4.70. The molecule has 2 atom stereocenters. The molecule has 0 radical (unpaired) electrons. The van der Waals surface area contributed by atoms with E-state index in [0.717, 1.165) is 0 Å². The summed E-state index contributed by atoms with van der Waals surface area (Å²) < 4.78 is 36.9. The summed E-state index contributed by atoms with van der Waals surface area (Å²) >= 11 is 4.94. The third kappa shape index (κ3) is 4.67. The van der Waals surface area contributed by atoms with Crippen molar-refractivity contribution >= 4 is 54.3 Å². The molecule has 7 nitrogen and oxygen atoms in total. The van der Waals surface area contributed by atoms with Crippen LogP contribution in [0.3, 0.4) is 0 Å². The first-order valence-corrected chi connectivity index (χ1v) is 13.8. The normalized spacial score (nSPS) is 22.7. The van der Waals surface area contributed by atoms with Crippen LogP contribution in [0.15, 0.2) is 51.9 Å². The van der Waals surface area contributed by atoms with Crippen LogP contribution in [0.25, 0.3) is 0 Å². The minimum atomic E-state index is -3.17. The molecule has 0 unspecified atom stereocenters. The van der Waals surface area contributed by atoms with E-state index in [-0.39, 0.29) is 28.7 Å². The van der Waals surface area contributed by atoms with E-state index in [1.54, 1.807) is 24.3 Å². The maximum absolute atomic E-state index is 12.8. The fraction of sp³-hybridized carbons (Fsp3) is 0.364.